The van der Waals surface area contributed by atoms with Crippen molar-refractivity contribution in [1.29, 1.82) is 0 Å². The average Bonchev–Trinajstić information content (AvgIpc) is 2.66. The van der Waals surface area contributed by atoms with Gasteiger partial charge in [0.2, 0.25) is 5.91 Å². The average molecular weight is 387 g/mol. The first-order valence-corrected chi connectivity index (χ1v) is 10.0. The second-order valence-corrected chi connectivity index (χ2v) is 7.52. The van der Waals surface area contributed by atoms with Crippen LogP contribution in [0.3, 0.4) is 0 Å². The Kier molecular flexibility index (Phi) is 7.27. The monoisotopic (exact) mass is 386 g/mol. The van der Waals surface area contributed by atoms with Crippen LogP contribution in [0.1, 0.15) is 30.4 Å². The molecule has 1 amide bonds. The maximum Gasteiger partial charge on any atom is 0.236 e. The second-order valence-electron chi connectivity index (χ2n) is 7.09. The number of benzene rings is 2. The van der Waals surface area contributed by atoms with E-state index >= 15 is 0 Å². The van der Waals surface area contributed by atoms with Crippen molar-refractivity contribution in [3.63, 3.8) is 0 Å². The van der Waals surface area contributed by atoms with Crippen molar-refractivity contribution < 1.29 is 9.90 Å². The summed E-state index contributed by atoms with van der Waals surface area (Å²) in [6, 6.07) is 17.8. The van der Waals surface area contributed by atoms with Crippen molar-refractivity contribution >= 4 is 17.5 Å². The fraction of sp³-hybridized carbons (Fsp3) is 0.409. The lowest BCUT2D eigenvalue weighted by molar-refractivity contribution is -0.156. The third-order valence-electron chi connectivity index (χ3n) is 4.97. The zero-order valence-corrected chi connectivity index (χ0v) is 16.3. The van der Waals surface area contributed by atoms with Crippen LogP contribution in [0.25, 0.3) is 0 Å². The number of aliphatic hydroxyl groups is 1. The lowest BCUT2D eigenvalue weighted by Gasteiger charge is -2.39. The van der Waals surface area contributed by atoms with Gasteiger partial charge in [-0.2, -0.15) is 0 Å². The molecule has 1 aliphatic rings. The Balaban J connectivity index is 1.52. The lowest BCUT2D eigenvalue weighted by Crippen LogP contribution is -2.52. The number of hydrogen-bond donors (Lipinski definition) is 1. The summed E-state index contributed by atoms with van der Waals surface area (Å²) in [6.45, 7) is 2.24. The lowest BCUT2D eigenvalue weighted by atomic mass is 10.1. The number of carbonyl (C=O) groups excluding carboxylic acids is 1. The van der Waals surface area contributed by atoms with Crippen LogP contribution >= 0.6 is 11.6 Å². The minimum atomic E-state index is -0.448. The third-order valence-corrected chi connectivity index (χ3v) is 5.21. The number of aliphatic hydroxyl groups excluding tert-OH is 1. The number of rotatable bonds is 8. The highest BCUT2D eigenvalue weighted by atomic mass is 35.5. The number of hydrogen-bond acceptors (Lipinski definition) is 3. The number of amides is 1. The molecular formula is C22H27ClN2O2. The van der Waals surface area contributed by atoms with Gasteiger partial charge >= 0.3 is 0 Å². The Hall–Kier alpha value is -1.88. The van der Waals surface area contributed by atoms with E-state index in [-0.39, 0.29) is 5.91 Å². The van der Waals surface area contributed by atoms with Crippen LogP contribution in [0.15, 0.2) is 54.6 Å². The van der Waals surface area contributed by atoms with E-state index in [1.807, 2.05) is 47.5 Å². The Morgan fingerprint density at radius 3 is 2.59 bits per heavy atom. The van der Waals surface area contributed by atoms with E-state index in [0.29, 0.717) is 37.4 Å². The third kappa shape index (κ3) is 6.06. The molecule has 1 N–H and O–H groups in total. The quantitative estimate of drug-likeness (QED) is 0.752. The summed E-state index contributed by atoms with van der Waals surface area (Å²) in [7, 11) is 0. The fourth-order valence-electron chi connectivity index (χ4n) is 3.53. The van der Waals surface area contributed by atoms with Gasteiger partial charge in [0, 0.05) is 31.1 Å². The van der Waals surface area contributed by atoms with Gasteiger partial charge < -0.3 is 5.11 Å². The largest absolute Gasteiger partial charge is 0.393 e. The van der Waals surface area contributed by atoms with Gasteiger partial charge in [0.15, 0.2) is 0 Å². The Morgan fingerprint density at radius 1 is 1.04 bits per heavy atom. The van der Waals surface area contributed by atoms with Crippen LogP contribution in [0.4, 0.5) is 0 Å². The second kappa shape index (κ2) is 9.88. The molecule has 2 aromatic carbocycles. The predicted octanol–water partition coefficient (Wildman–Crippen LogP) is 3.72. The Labute approximate surface area is 166 Å². The van der Waals surface area contributed by atoms with Crippen molar-refractivity contribution in [2.75, 3.05) is 19.6 Å². The highest BCUT2D eigenvalue weighted by Crippen LogP contribution is 2.17. The summed E-state index contributed by atoms with van der Waals surface area (Å²) in [5.41, 5.74) is 2.27. The molecule has 0 saturated carbocycles. The van der Waals surface area contributed by atoms with Crippen LogP contribution in [0.2, 0.25) is 5.02 Å². The number of hydrazine groups is 1. The number of carbonyl (C=O) groups is 1. The Bertz CT molecular complexity index is 738. The van der Waals surface area contributed by atoms with E-state index in [0.717, 1.165) is 24.9 Å². The maximum atomic E-state index is 12.4. The molecule has 0 aliphatic carbocycles. The van der Waals surface area contributed by atoms with Gasteiger partial charge in [0.25, 0.3) is 0 Å². The van der Waals surface area contributed by atoms with Crippen LogP contribution in [-0.2, 0) is 17.6 Å². The van der Waals surface area contributed by atoms with Crippen molar-refractivity contribution in [3.05, 3.63) is 70.7 Å². The highest BCUT2D eigenvalue weighted by molar-refractivity contribution is 6.30. The highest BCUT2D eigenvalue weighted by Gasteiger charge is 2.26. The summed E-state index contributed by atoms with van der Waals surface area (Å²) in [5, 5.41) is 15.1. The molecule has 2 aromatic rings. The molecule has 0 bridgehead atoms. The van der Waals surface area contributed by atoms with Crippen LogP contribution in [0.5, 0.6) is 0 Å². The molecule has 1 aliphatic heterocycles. The standard InChI is InChI=1S/C22H27ClN2O2/c23-20-9-4-8-19(16-20)17-21(26)12-14-24-13-5-10-22(27)25(24)15-11-18-6-2-1-3-7-18/h1-4,6-9,16,21,26H,5,10-15,17H2. The molecule has 1 heterocycles. The summed E-state index contributed by atoms with van der Waals surface area (Å²) < 4.78 is 0. The smallest absolute Gasteiger partial charge is 0.236 e. The Morgan fingerprint density at radius 2 is 1.81 bits per heavy atom. The first-order valence-electron chi connectivity index (χ1n) is 9.63. The van der Waals surface area contributed by atoms with E-state index in [4.69, 9.17) is 11.6 Å². The normalized spacial score (nSPS) is 16.5. The van der Waals surface area contributed by atoms with E-state index in [2.05, 4.69) is 17.1 Å². The van der Waals surface area contributed by atoms with Gasteiger partial charge in [-0.1, -0.05) is 54.1 Å². The van der Waals surface area contributed by atoms with Gasteiger partial charge in [0.05, 0.1) is 6.10 Å². The van der Waals surface area contributed by atoms with Crippen LogP contribution in [0, 0.1) is 0 Å². The summed E-state index contributed by atoms with van der Waals surface area (Å²) >= 11 is 6.01. The van der Waals surface area contributed by atoms with E-state index in [1.54, 1.807) is 0 Å². The molecule has 1 atom stereocenters. The number of halogens is 1. The molecule has 0 aromatic heterocycles. The minimum Gasteiger partial charge on any atom is -0.393 e. The molecule has 144 valence electrons. The maximum absolute atomic E-state index is 12.4. The fourth-order valence-corrected chi connectivity index (χ4v) is 3.75. The molecule has 5 heteroatoms. The SMILES string of the molecule is O=C1CCCN(CCC(O)Cc2cccc(Cl)c2)N1CCc1ccccc1. The van der Waals surface area contributed by atoms with Gasteiger partial charge in [0.1, 0.15) is 0 Å². The predicted molar refractivity (Wildman–Crippen MR) is 108 cm³/mol. The zero-order valence-electron chi connectivity index (χ0n) is 15.6. The summed E-state index contributed by atoms with van der Waals surface area (Å²) in [4.78, 5) is 12.4. The van der Waals surface area contributed by atoms with Gasteiger partial charge in [-0.05, 0) is 48.9 Å². The molecular weight excluding hydrogens is 360 g/mol. The topological polar surface area (TPSA) is 43.8 Å². The molecule has 4 nitrogen and oxygen atoms in total. The molecule has 1 unspecified atom stereocenters. The van der Waals surface area contributed by atoms with Gasteiger partial charge in [-0.3, -0.25) is 9.80 Å². The van der Waals surface area contributed by atoms with Gasteiger partial charge in [-0.25, -0.2) is 5.01 Å². The summed E-state index contributed by atoms with van der Waals surface area (Å²) in [6.07, 6.45) is 3.08. The molecule has 0 spiro atoms. The van der Waals surface area contributed by atoms with Gasteiger partial charge in [-0.15, -0.1) is 0 Å². The van der Waals surface area contributed by atoms with Crippen molar-refractivity contribution in [3.8, 4) is 0 Å². The molecule has 1 saturated heterocycles. The van der Waals surface area contributed by atoms with Crippen molar-refractivity contribution in [1.82, 2.24) is 10.0 Å². The van der Waals surface area contributed by atoms with Crippen LogP contribution in [-0.4, -0.2) is 46.8 Å². The van der Waals surface area contributed by atoms with E-state index < -0.39 is 6.10 Å². The molecule has 0 radical (unpaired) electrons. The first-order chi connectivity index (χ1) is 13.1. The van der Waals surface area contributed by atoms with Crippen molar-refractivity contribution in [2.24, 2.45) is 0 Å². The zero-order chi connectivity index (χ0) is 19.1. The van der Waals surface area contributed by atoms with Crippen molar-refractivity contribution in [2.45, 2.75) is 38.2 Å². The summed E-state index contributed by atoms with van der Waals surface area (Å²) in [5.74, 6) is 0.182. The van der Waals surface area contributed by atoms with E-state index in [9.17, 15) is 9.90 Å². The number of nitrogens with zero attached hydrogens (tertiary/aromatic N) is 2. The molecule has 1 fully saturated rings. The van der Waals surface area contributed by atoms with E-state index in [1.165, 1.54) is 5.56 Å². The molecule has 3 rings (SSSR count). The molecule has 27 heavy (non-hydrogen) atoms. The first kappa shape index (κ1) is 19.9. The minimum absolute atomic E-state index is 0.182. The van der Waals surface area contributed by atoms with Crippen LogP contribution < -0.4 is 0 Å².